The van der Waals surface area contributed by atoms with Crippen molar-refractivity contribution < 1.29 is 19.4 Å². The molecular formula is C27H26BrNO4. The van der Waals surface area contributed by atoms with Gasteiger partial charge in [-0.3, -0.25) is 9.59 Å². The van der Waals surface area contributed by atoms with E-state index in [4.69, 9.17) is 4.74 Å². The summed E-state index contributed by atoms with van der Waals surface area (Å²) in [5.74, 6) is 0.0998. The number of hydrogen-bond acceptors (Lipinski definition) is 4. The molecule has 3 aromatic carbocycles. The van der Waals surface area contributed by atoms with Gasteiger partial charge in [0.2, 0.25) is 0 Å². The number of hydrogen-bond donors (Lipinski definition) is 2. The quantitative estimate of drug-likeness (QED) is 0.290. The van der Waals surface area contributed by atoms with E-state index in [1.165, 1.54) is 19.3 Å². The second kappa shape index (κ2) is 10.0. The number of benzene rings is 3. The average Bonchev–Trinajstić information content (AvgIpc) is 2.79. The van der Waals surface area contributed by atoms with Gasteiger partial charge >= 0.3 is 0 Å². The Morgan fingerprint density at radius 3 is 2.15 bits per heavy atom. The smallest absolute Gasteiger partial charge is 0.255 e. The largest absolute Gasteiger partial charge is 0.507 e. The fourth-order valence-corrected chi connectivity index (χ4v) is 3.53. The maximum atomic E-state index is 12.6. The van der Waals surface area contributed by atoms with Crippen LogP contribution in [0.2, 0.25) is 0 Å². The second-order valence-electron chi connectivity index (χ2n) is 8.60. The first kappa shape index (κ1) is 24.3. The number of carbonyl (C=O) groups is 2. The van der Waals surface area contributed by atoms with E-state index in [0.717, 1.165) is 5.56 Å². The second-order valence-corrected chi connectivity index (χ2v) is 9.46. The summed E-state index contributed by atoms with van der Waals surface area (Å²) in [6, 6.07) is 17.4. The summed E-state index contributed by atoms with van der Waals surface area (Å²) in [5.41, 5.74) is 3.49. The van der Waals surface area contributed by atoms with E-state index in [-0.39, 0.29) is 22.9 Å². The molecule has 0 saturated heterocycles. The number of ketones is 1. The van der Waals surface area contributed by atoms with Crippen LogP contribution in [-0.2, 0) is 5.41 Å². The van der Waals surface area contributed by atoms with Crippen LogP contribution in [0.15, 0.2) is 71.2 Å². The van der Waals surface area contributed by atoms with Crippen LogP contribution in [-0.4, -0.2) is 23.9 Å². The van der Waals surface area contributed by atoms with E-state index in [1.807, 2.05) is 24.3 Å². The lowest BCUT2D eigenvalue weighted by atomic mass is 9.87. The number of halogens is 1. The van der Waals surface area contributed by atoms with Gasteiger partial charge in [-0.2, -0.15) is 0 Å². The molecule has 2 N–H and O–H groups in total. The average molecular weight is 508 g/mol. The van der Waals surface area contributed by atoms with Crippen LogP contribution in [0.1, 0.15) is 52.6 Å². The van der Waals surface area contributed by atoms with Crippen molar-refractivity contribution in [2.24, 2.45) is 0 Å². The molecule has 170 valence electrons. The molecule has 5 nitrogen and oxygen atoms in total. The zero-order chi connectivity index (χ0) is 24.2. The lowest BCUT2D eigenvalue weighted by molar-refractivity contribution is 0.102. The molecule has 3 aromatic rings. The van der Waals surface area contributed by atoms with Crippen LogP contribution < -0.4 is 10.1 Å². The molecular weight excluding hydrogens is 482 g/mol. The third-order valence-electron chi connectivity index (χ3n) is 5.15. The summed E-state index contributed by atoms with van der Waals surface area (Å²) < 4.78 is 5.75. The van der Waals surface area contributed by atoms with E-state index < -0.39 is 0 Å². The number of allylic oxidation sites excluding steroid dienone is 1. The molecule has 0 aliphatic heterocycles. The van der Waals surface area contributed by atoms with Crippen molar-refractivity contribution in [1.29, 1.82) is 0 Å². The highest BCUT2D eigenvalue weighted by Crippen LogP contribution is 2.32. The van der Waals surface area contributed by atoms with Gasteiger partial charge in [-0.25, -0.2) is 0 Å². The van der Waals surface area contributed by atoms with Crippen LogP contribution >= 0.6 is 15.9 Å². The summed E-state index contributed by atoms with van der Waals surface area (Å²) in [5, 5.41) is 12.6. The van der Waals surface area contributed by atoms with Crippen molar-refractivity contribution in [3.8, 4) is 11.5 Å². The van der Waals surface area contributed by atoms with Crippen molar-refractivity contribution in [2.45, 2.75) is 26.2 Å². The van der Waals surface area contributed by atoms with Crippen molar-refractivity contribution in [2.75, 3.05) is 12.4 Å². The number of amides is 1. The molecule has 0 unspecified atom stereocenters. The summed E-state index contributed by atoms with van der Waals surface area (Å²) in [6.45, 7) is 6.38. The van der Waals surface area contributed by atoms with Gasteiger partial charge in [0.15, 0.2) is 5.78 Å². The van der Waals surface area contributed by atoms with Crippen LogP contribution in [0.5, 0.6) is 11.5 Å². The molecule has 0 saturated carbocycles. The Labute approximate surface area is 202 Å². The van der Waals surface area contributed by atoms with E-state index in [9.17, 15) is 14.7 Å². The van der Waals surface area contributed by atoms with E-state index in [1.54, 1.807) is 36.4 Å². The van der Waals surface area contributed by atoms with Gasteiger partial charge in [0.05, 0.1) is 11.6 Å². The standard InChI is InChI=1S/C27H26BrNO4/c1-27(2,3)20-10-5-18(6-11-20)26(32)29-21-12-7-17(8-13-21)23(30)14-9-19-15-22(28)24(31)16-25(19)33-4/h5-16,31H,1-4H3,(H,29,32)/b14-9+. The normalized spacial score (nSPS) is 11.4. The fourth-order valence-electron chi connectivity index (χ4n) is 3.17. The Morgan fingerprint density at radius 2 is 1.58 bits per heavy atom. The van der Waals surface area contributed by atoms with Gasteiger partial charge in [0.1, 0.15) is 11.5 Å². The molecule has 0 atom stereocenters. The minimum absolute atomic E-state index is 0.0235. The van der Waals surface area contributed by atoms with Gasteiger partial charge < -0.3 is 15.2 Å². The van der Waals surface area contributed by atoms with Crippen molar-refractivity contribution in [1.82, 2.24) is 0 Å². The minimum atomic E-state index is -0.209. The maximum absolute atomic E-state index is 12.6. The first-order chi connectivity index (χ1) is 15.6. The number of phenols is 1. The Bertz CT molecular complexity index is 1190. The van der Waals surface area contributed by atoms with Gasteiger partial charge in [-0.05, 0) is 81.5 Å². The summed E-state index contributed by atoms with van der Waals surface area (Å²) in [4.78, 5) is 25.1. The molecule has 6 heteroatoms. The zero-order valence-electron chi connectivity index (χ0n) is 19.0. The molecule has 0 spiro atoms. The number of rotatable bonds is 6. The summed E-state index contributed by atoms with van der Waals surface area (Å²) in [6.07, 6.45) is 3.06. The third kappa shape index (κ3) is 6.11. The lowest BCUT2D eigenvalue weighted by Gasteiger charge is -2.19. The first-order valence-corrected chi connectivity index (χ1v) is 11.2. The minimum Gasteiger partial charge on any atom is -0.507 e. The monoisotopic (exact) mass is 507 g/mol. The van der Waals surface area contributed by atoms with E-state index in [2.05, 4.69) is 42.0 Å². The number of carbonyl (C=O) groups excluding carboxylic acids is 2. The Morgan fingerprint density at radius 1 is 0.970 bits per heavy atom. The molecule has 0 radical (unpaired) electrons. The number of methoxy groups -OCH3 is 1. The van der Waals surface area contributed by atoms with Gasteiger partial charge in [0, 0.05) is 28.4 Å². The van der Waals surface area contributed by atoms with Gasteiger partial charge in [-0.15, -0.1) is 0 Å². The number of ether oxygens (including phenoxy) is 1. The molecule has 0 fully saturated rings. The Kier molecular flexibility index (Phi) is 7.39. The predicted molar refractivity (Wildman–Crippen MR) is 135 cm³/mol. The van der Waals surface area contributed by atoms with E-state index >= 15 is 0 Å². The molecule has 3 rings (SSSR count). The van der Waals surface area contributed by atoms with Crippen LogP contribution in [0.25, 0.3) is 6.08 Å². The number of phenolic OH excluding ortho intramolecular Hbond substituents is 1. The summed E-state index contributed by atoms with van der Waals surface area (Å²) in [7, 11) is 1.49. The third-order valence-corrected chi connectivity index (χ3v) is 5.79. The van der Waals surface area contributed by atoms with E-state index in [0.29, 0.717) is 32.6 Å². The van der Waals surface area contributed by atoms with Crippen molar-refractivity contribution >= 4 is 39.4 Å². The molecule has 0 heterocycles. The highest BCUT2D eigenvalue weighted by molar-refractivity contribution is 9.10. The van der Waals surface area contributed by atoms with Gasteiger partial charge in [0.25, 0.3) is 5.91 Å². The topological polar surface area (TPSA) is 75.6 Å². The Hall–Kier alpha value is -3.38. The molecule has 0 bridgehead atoms. The highest BCUT2D eigenvalue weighted by Gasteiger charge is 2.14. The number of aromatic hydroxyl groups is 1. The molecule has 0 aliphatic carbocycles. The number of anilines is 1. The molecule has 0 aromatic heterocycles. The molecule has 33 heavy (non-hydrogen) atoms. The fraction of sp³-hybridized carbons (Fsp3) is 0.185. The SMILES string of the molecule is COc1cc(O)c(Br)cc1/C=C/C(=O)c1ccc(NC(=O)c2ccc(C(C)(C)C)cc2)cc1. The zero-order valence-corrected chi connectivity index (χ0v) is 20.6. The maximum Gasteiger partial charge on any atom is 0.255 e. The van der Waals surface area contributed by atoms with Crippen LogP contribution in [0.4, 0.5) is 5.69 Å². The van der Waals surface area contributed by atoms with Crippen LogP contribution in [0, 0.1) is 0 Å². The molecule has 1 amide bonds. The molecule has 0 aliphatic rings. The van der Waals surface area contributed by atoms with Crippen LogP contribution in [0.3, 0.4) is 0 Å². The predicted octanol–water partition coefficient (Wildman–Crippen LogP) is 6.61. The number of nitrogens with one attached hydrogen (secondary N) is 1. The highest BCUT2D eigenvalue weighted by atomic mass is 79.9. The van der Waals surface area contributed by atoms with Gasteiger partial charge in [-0.1, -0.05) is 32.9 Å². The summed E-state index contributed by atoms with van der Waals surface area (Å²) >= 11 is 3.26. The lowest BCUT2D eigenvalue weighted by Crippen LogP contribution is -2.14. The first-order valence-electron chi connectivity index (χ1n) is 10.4. The van der Waals surface area contributed by atoms with Crippen molar-refractivity contribution in [3.63, 3.8) is 0 Å². The Balaban J connectivity index is 1.67. The van der Waals surface area contributed by atoms with Crippen molar-refractivity contribution in [3.05, 3.63) is 93.5 Å².